The predicted octanol–water partition coefficient (Wildman–Crippen LogP) is 5.35. The van der Waals surface area contributed by atoms with Gasteiger partial charge < -0.3 is 14.6 Å². The van der Waals surface area contributed by atoms with Crippen molar-refractivity contribution < 1.29 is 14.6 Å². The summed E-state index contributed by atoms with van der Waals surface area (Å²) in [4.78, 5) is 4.10. The molecule has 0 fully saturated rings. The number of methoxy groups -OCH3 is 2. The minimum absolute atomic E-state index is 0.360. The van der Waals surface area contributed by atoms with E-state index in [9.17, 15) is 5.11 Å². The Bertz CT molecular complexity index is 1020. The number of nitrogens with zero attached hydrogens (tertiary/aromatic N) is 2. The Morgan fingerprint density at radius 2 is 1.26 bits per heavy atom. The number of hydrogen-bond acceptors (Lipinski definition) is 4. The molecule has 34 heavy (non-hydrogen) atoms. The number of imidazole rings is 1. The van der Waals surface area contributed by atoms with Crippen molar-refractivity contribution in [1.29, 1.82) is 0 Å². The zero-order valence-electron chi connectivity index (χ0n) is 19.7. The predicted molar refractivity (Wildman–Crippen MR) is 133 cm³/mol. The summed E-state index contributed by atoms with van der Waals surface area (Å²) in [5, 5.41) is 11.2. The molecule has 1 atom stereocenters. The Morgan fingerprint density at radius 1 is 0.794 bits per heavy atom. The van der Waals surface area contributed by atoms with Crippen LogP contribution in [0.5, 0.6) is 0 Å². The molecule has 1 aromatic heterocycles. The normalized spacial score (nSPS) is 13.0. The fourth-order valence-electron chi connectivity index (χ4n) is 5.03. The van der Waals surface area contributed by atoms with E-state index in [4.69, 9.17) is 9.47 Å². The molecule has 0 aliphatic carbocycles. The van der Waals surface area contributed by atoms with Gasteiger partial charge in [0.2, 0.25) is 0 Å². The summed E-state index contributed by atoms with van der Waals surface area (Å²) in [6, 6.07) is 31.8. The molecule has 3 aromatic carbocycles. The molecule has 4 aromatic rings. The Balaban J connectivity index is 1.70. The SMILES string of the molecule is COC(OC)(C(O)CCCC(c1ccccc1)(c1ccccc1)c1ccccc1)n1ccnc1. The molecule has 0 saturated heterocycles. The average molecular weight is 457 g/mol. The molecule has 1 N–H and O–H groups in total. The van der Waals surface area contributed by atoms with E-state index in [0.29, 0.717) is 6.42 Å². The first-order chi connectivity index (χ1) is 16.7. The summed E-state index contributed by atoms with van der Waals surface area (Å²) in [5.74, 6) is -1.33. The van der Waals surface area contributed by atoms with Gasteiger partial charge in [-0.05, 0) is 36.0 Å². The van der Waals surface area contributed by atoms with Gasteiger partial charge in [-0.15, -0.1) is 0 Å². The molecule has 0 aliphatic rings. The summed E-state index contributed by atoms with van der Waals surface area (Å²) >= 11 is 0. The van der Waals surface area contributed by atoms with Crippen molar-refractivity contribution in [2.24, 2.45) is 0 Å². The first-order valence-corrected chi connectivity index (χ1v) is 11.6. The van der Waals surface area contributed by atoms with Crippen LogP contribution in [-0.2, 0) is 20.8 Å². The molecule has 0 saturated carbocycles. The fraction of sp³-hybridized carbons (Fsp3) is 0.276. The van der Waals surface area contributed by atoms with E-state index in [-0.39, 0.29) is 5.41 Å². The van der Waals surface area contributed by atoms with Crippen LogP contribution in [0.3, 0.4) is 0 Å². The molecule has 176 valence electrons. The molecule has 0 aliphatic heterocycles. The van der Waals surface area contributed by atoms with Crippen molar-refractivity contribution in [2.75, 3.05) is 14.2 Å². The number of aromatic nitrogens is 2. The standard InChI is InChI=1S/C29H32N2O3/c1-33-29(34-2,31-22-21-30-23-31)27(32)19-12-20-28(24-13-6-3-7-14-24,25-15-8-4-9-16-25)26-17-10-5-11-18-26/h3-11,13-18,21-23,27,32H,12,19-20H2,1-2H3. The second kappa shape index (κ2) is 10.8. The van der Waals surface area contributed by atoms with Gasteiger partial charge in [-0.3, -0.25) is 4.57 Å². The quantitative estimate of drug-likeness (QED) is 0.244. The minimum atomic E-state index is -1.33. The molecule has 0 bridgehead atoms. The largest absolute Gasteiger partial charge is 0.385 e. The van der Waals surface area contributed by atoms with Gasteiger partial charge in [0.25, 0.3) is 5.91 Å². The Hall–Kier alpha value is -3.25. The van der Waals surface area contributed by atoms with Crippen molar-refractivity contribution >= 4 is 0 Å². The van der Waals surface area contributed by atoms with E-state index in [1.54, 1.807) is 23.3 Å². The van der Waals surface area contributed by atoms with Crippen LogP contribution < -0.4 is 0 Å². The third-order valence-corrected chi connectivity index (χ3v) is 6.70. The van der Waals surface area contributed by atoms with E-state index in [2.05, 4.69) is 77.8 Å². The third kappa shape index (κ3) is 4.42. The van der Waals surface area contributed by atoms with E-state index in [1.165, 1.54) is 30.9 Å². The zero-order valence-corrected chi connectivity index (χ0v) is 19.7. The van der Waals surface area contributed by atoms with Gasteiger partial charge in [-0.1, -0.05) is 91.0 Å². The van der Waals surface area contributed by atoms with Crippen LogP contribution in [0.15, 0.2) is 110 Å². The molecule has 0 spiro atoms. The highest BCUT2D eigenvalue weighted by atomic mass is 16.7. The second-order valence-corrected chi connectivity index (χ2v) is 8.42. The van der Waals surface area contributed by atoms with E-state index in [1.807, 2.05) is 18.2 Å². The van der Waals surface area contributed by atoms with Crippen LogP contribution in [0.25, 0.3) is 0 Å². The molecular formula is C29H32N2O3. The van der Waals surface area contributed by atoms with Crippen LogP contribution in [-0.4, -0.2) is 35.0 Å². The summed E-state index contributed by atoms with van der Waals surface area (Å²) in [6.07, 6.45) is 6.10. The molecule has 4 rings (SSSR count). The van der Waals surface area contributed by atoms with Gasteiger partial charge >= 0.3 is 0 Å². The van der Waals surface area contributed by atoms with E-state index < -0.39 is 12.0 Å². The van der Waals surface area contributed by atoms with Gasteiger partial charge in [-0.2, -0.15) is 0 Å². The number of benzene rings is 3. The smallest absolute Gasteiger partial charge is 0.283 e. The number of aliphatic hydroxyl groups is 1. The second-order valence-electron chi connectivity index (χ2n) is 8.42. The lowest BCUT2D eigenvalue weighted by molar-refractivity contribution is -0.317. The maximum Gasteiger partial charge on any atom is 0.283 e. The Kier molecular flexibility index (Phi) is 7.58. The lowest BCUT2D eigenvalue weighted by Gasteiger charge is -2.38. The molecular weight excluding hydrogens is 424 g/mol. The van der Waals surface area contributed by atoms with Crippen LogP contribution in [0, 0.1) is 0 Å². The summed E-state index contributed by atoms with van der Waals surface area (Å²) < 4.78 is 13.0. The number of rotatable bonds is 11. The molecule has 5 nitrogen and oxygen atoms in total. The highest BCUT2D eigenvalue weighted by Crippen LogP contribution is 2.43. The van der Waals surface area contributed by atoms with Crippen molar-refractivity contribution in [3.63, 3.8) is 0 Å². The van der Waals surface area contributed by atoms with Crippen LogP contribution in [0.1, 0.15) is 36.0 Å². The van der Waals surface area contributed by atoms with Crippen LogP contribution in [0.2, 0.25) is 0 Å². The van der Waals surface area contributed by atoms with E-state index in [0.717, 1.165) is 12.8 Å². The molecule has 0 radical (unpaired) electrons. The molecule has 1 heterocycles. The zero-order chi connectivity index (χ0) is 23.9. The molecule has 1 unspecified atom stereocenters. The molecule has 0 amide bonds. The van der Waals surface area contributed by atoms with Gasteiger partial charge in [0, 0.05) is 32.0 Å². The maximum absolute atomic E-state index is 11.2. The lowest BCUT2D eigenvalue weighted by atomic mass is 9.66. The van der Waals surface area contributed by atoms with E-state index >= 15 is 0 Å². The summed E-state index contributed by atoms with van der Waals surface area (Å²) in [6.45, 7) is 0. The average Bonchev–Trinajstić information content (AvgIpc) is 3.45. The highest BCUT2D eigenvalue weighted by molar-refractivity contribution is 5.50. The summed E-state index contributed by atoms with van der Waals surface area (Å²) in [5.41, 5.74) is 3.31. The van der Waals surface area contributed by atoms with Gasteiger partial charge in [0.05, 0.1) is 6.33 Å². The number of aliphatic hydroxyl groups excluding tert-OH is 1. The highest BCUT2D eigenvalue weighted by Gasteiger charge is 2.42. The Morgan fingerprint density at radius 3 is 1.65 bits per heavy atom. The maximum atomic E-state index is 11.2. The minimum Gasteiger partial charge on any atom is -0.385 e. The van der Waals surface area contributed by atoms with Crippen LogP contribution in [0.4, 0.5) is 0 Å². The van der Waals surface area contributed by atoms with Gasteiger partial charge in [0.1, 0.15) is 6.10 Å². The molecule has 5 heteroatoms. The van der Waals surface area contributed by atoms with Crippen molar-refractivity contribution in [3.8, 4) is 0 Å². The van der Waals surface area contributed by atoms with Crippen LogP contribution >= 0.6 is 0 Å². The number of ether oxygens (including phenoxy) is 2. The lowest BCUT2D eigenvalue weighted by Crippen LogP contribution is -2.48. The topological polar surface area (TPSA) is 56.5 Å². The van der Waals surface area contributed by atoms with Crippen molar-refractivity contribution in [2.45, 2.75) is 36.7 Å². The first-order valence-electron chi connectivity index (χ1n) is 11.6. The fourth-order valence-corrected chi connectivity index (χ4v) is 5.03. The van der Waals surface area contributed by atoms with Gasteiger partial charge in [-0.25, -0.2) is 4.98 Å². The summed E-state index contributed by atoms with van der Waals surface area (Å²) in [7, 11) is 3.07. The van der Waals surface area contributed by atoms with Crippen molar-refractivity contribution in [1.82, 2.24) is 9.55 Å². The number of hydrogen-bond donors (Lipinski definition) is 1. The Labute approximate surface area is 201 Å². The third-order valence-electron chi connectivity index (χ3n) is 6.70. The first kappa shape index (κ1) is 23.9. The van der Waals surface area contributed by atoms with Crippen molar-refractivity contribution in [3.05, 3.63) is 126 Å². The monoisotopic (exact) mass is 456 g/mol. The van der Waals surface area contributed by atoms with Gasteiger partial charge in [0.15, 0.2) is 0 Å².